The average molecular weight is 280 g/mol. The van der Waals surface area contributed by atoms with Gasteiger partial charge in [-0.1, -0.05) is 19.3 Å². The van der Waals surface area contributed by atoms with Crippen LogP contribution in [0.15, 0.2) is 4.99 Å². The Labute approximate surface area is 122 Å². The minimum absolute atomic E-state index is 0.478. The molecule has 3 rings (SSSR count). The van der Waals surface area contributed by atoms with Gasteiger partial charge in [0.25, 0.3) is 0 Å². The summed E-state index contributed by atoms with van der Waals surface area (Å²) in [6.07, 6.45) is 7.66. The fraction of sp³-hybridized carbons (Fsp3) is 0.933. The van der Waals surface area contributed by atoms with Gasteiger partial charge in [0.1, 0.15) is 0 Å². The first-order valence-electron chi connectivity index (χ1n) is 8.23. The molecule has 0 spiro atoms. The van der Waals surface area contributed by atoms with E-state index in [1.54, 1.807) is 0 Å². The predicted octanol–water partition coefficient (Wildman–Crippen LogP) is 1.04. The van der Waals surface area contributed by atoms with Crippen molar-refractivity contribution in [3.8, 4) is 0 Å². The average Bonchev–Trinajstić information content (AvgIpc) is 2.99. The first-order chi connectivity index (χ1) is 9.83. The number of hydrogen-bond acceptors (Lipinski definition) is 3. The number of likely N-dealkylation sites (tertiary alicyclic amines) is 1. The molecular formula is C15H28N4O. The van der Waals surface area contributed by atoms with E-state index in [2.05, 4.69) is 9.80 Å². The lowest BCUT2D eigenvalue weighted by Crippen LogP contribution is -2.46. The van der Waals surface area contributed by atoms with Crippen molar-refractivity contribution >= 4 is 5.96 Å². The van der Waals surface area contributed by atoms with Crippen LogP contribution in [0.1, 0.15) is 38.5 Å². The maximum Gasteiger partial charge on any atom is 0.191 e. The van der Waals surface area contributed by atoms with Gasteiger partial charge in [-0.15, -0.1) is 0 Å². The second-order valence-corrected chi connectivity index (χ2v) is 6.32. The van der Waals surface area contributed by atoms with Crippen LogP contribution in [0.4, 0.5) is 0 Å². The molecule has 114 valence electrons. The van der Waals surface area contributed by atoms with Crippen molar-refractivity contribution in [1.29, 1.82) is 0 Å². The Kier molecular flexibility index (Phi) is 4.78. The number of hydrogen-bond donors (Lipinski definition) is 1. The van der Waals surface area contributed by atoms with Crippen molar-refractivity contribution in [3.05, 3.63) is 0 Å². The molecule has 20 heavy (non-hydrogen) atoms. The van der Waals surface area contributed by atoms with Gasteiger partial charge in [0, 0.05) is 32.2 Å². The van der Waals surface area contributed by atoms with Crippen LogP contribution in [0.2, 0.25) is 0 Å². The summed E-state index contributed by atoms with van der Waals surface area (Å²) in [6.45, 7) is 5.99. The van der Waals surface area contributed by atoms with Crippen LogP contribution in [0.3, 0.4) is 0 Å². The molecule has 0 aromatic rings. The topological polar surface area (TPSA) is 54.1 Å². The van der Waals surface area contributed by atoms with Crippen LogP contribution < -0.4 is 5.73 Å². The van der Waals surface area contributed by atoms with E-state index in [9.17, 15) is 0 Å². The Morgan fingerprint density at radius 1 is 1.00 bits per heavy atom. The van der Waals surface area contributed by atoms with Gasteiger partial charge in [0.15, 0.2) is 5.96 Å². The van der Waals surface area contributed by atoms with Crippen LogP contribution in [0, 0.1) is 0 Å². The molecule has 1 unspecified atom stereocenters. The molecule has 5 nitrogen and oxygen atoms in total. The van der Waals surface area contributed by atoms with Crippen LogP contribution in [-0.2, 0) is 4.74 Å². The number of ether oxygens (including phenoxy) is 1. The molecule has 1 saturated carbocycles. The third kappa shape index (κ3) is 3.44. The van der Waals surface area contributed by atoms with Crippen molar-refractivity contribution in [2.45, 2.75) is 50.6 Å². The van der Waals surface area contributed by atoms with Crippen molar-refractivity contribution in [1.82, 2.24) is 9.80 Å². The zero-order chi connectivity index (χ0) is 13.8. The standard InChI is InChI=1S/C15H28N4O/c16-15(17-13-4-2-1-3-5-13)19-7-6-14(12-19)18-8-10-20-11-9-18/h13-14H,1-12H2,(H2,16,17). The number of nitrogens with zero attached hydrogens (tertiary/aromatic N) is 3. The Bertz CT molecular complexity index is 335. The van der Waals surface area contributed by atoms with Gasteiger partial charge in [-0.3, -0.25) is 4.90 Å². The van der Waals surface area contributed by atoms with E-state index >= 15 is 0 Å². The number of nitrogens with two attached hydrogens (primary N) is 1. The Morgan fingerprint density at radius 3 is 2.50 bits per heavy atom. The van der Waals surface area contributed by atoms with Gasteiger partial charge in [-0.2, -0.15) is 0 Å². The highest BCUT2D eigenvalue weighted by atomic mass is 16.5. The van der Waals surface area contributed by atoms with Gasteiger partial charge in [0.05, 0.1) is 19.3 Å². The maximum atomic E-state index is 6.23. The van der Waals surface area contributed by atoms with E-state index in [0.29, 0.717) is 12.1 Å². The first-order valence-corrected chi connectivity index (χ1v) is 8.23. The number of rotatable bonds is 2. The van der Waals surface area contributed by atoms with Crippen LogP contribution in [0.25, 0.3) is 0 Å². The SMILES string of the molecule is NC(=NC1CCCCC1)N1CCC(N2CCOCC2)C1. The summed E-state index contributed by atoms with van der Waals surface area (Å²) in [7, 11) is 0. The second-order valence-electron chi connectivity index (χ2n) is 6.32. The van der Waals surface area contributed by atoms with Gasteiger partial charge >= 0.3 is 0 Å². The molecule has 0 radical (unpaired) electrons. The van der Waals surface area contributed by atoms with E-state index in [-0.39, 0.29) is 0 Å². The molecule has 0 aromatic heterocycles. The molecule has 3 aliphatic rings. The summed E-state index contributed by atoms with van der Waals surface area (Å²) in [5.41, 5.74) is 6.23. The van der Waals surface area contributed by atoms with Gasteiger partial charge < -0.3 is 15.4 Å². The predicted molar refractivity (Wildman–Crippen MR) is 80.9 cm³/mol. The molecule has 0 amide bonds. The highest BCUT2D eigenvalue weighted by Gasteiger charge is 2.29. The minimum Gasteiger partial charge on any atom is -0.379 e. The van der Waals surface area contributed by atoms with Crippen LogP contribution in [0.5, 0.6) is 0 Å². The molecule has 0 aromatic carbocycles. The lowest BCUT2D eigenvalue weighted by Gasteiger charge is -2.32. The summed E-state index contributed by atoms with van der Waals surface area (Å²) in [4.78, 5) is 9.61. The van der Waals surface area contributed by atoms with Gasteiger partial charge in [-0.05, 0) is 19.3 Å². The molecule has 5 heteroatoms. The fourth-order valence-electron chi connectivity index (χ4n) is 3.67. The molecule has 3 fully saturated rings. The number of aliphatic imine (C=N–C) groups is 1. The van der Waals surface area contributed by atoms with Crippen molar-refractivity contribution in [2.75, 3.05) is 39.4 Å². The smallest absolute Gasteiger partial charge is 0.191 e. The number of morpholine rings is 1. The highest BCUT2D eigenvalue weighted by molar-refractivity contribution is 5.78. The molecule has 0 bridgehead atoms. The zero-order valence-corrected chi connectivity index (χ0v) is 12.5. The van der Waals surface area contributed by atoms with E-state index < -0.39 is 0 Å². The lowest BCUT2D eigenvalue weighted by molar-refractivity contribution is 0.0195. The molecule has 1 aliphatic carbocycles. The summed E-state index contributed by atoms with van der Waals surface area (Å²) < 4.78 is 5.43. The maximum absolute atomic E-state index is 6.23. The Balaban J connectivity index is 1.51. The van der Waals surface area contributed by atoms with Gasteiger partial charge in [-0.25, -0.2) is 4.99 Å². The Hall–Kier alpha value is -0.810. The van der Waals surface area contributed by atoms with E-state index in [0.717, 1.165) is 45.4 Å². The molecule has 1 atom stereocenters. The molecular weight excluding hydrogens is 252 g/mol. The lowest BCUT2D eigenvalue weighted by atomic mass is 9.96. The summed E-state index contributed by atoms with van der Waals surface area (Å²) in [5.74, 6) is 0.785. The molecule has 2 N–H and O–H groups in total. The summed E-state index contributed by atoms with van der Waals surface area (Å²) in [6, 6.07) is 1.12. The van der Waals surface area contributed by atoms with E-state index in [4.69, 9.17) is 15.5 Å². The van der Waals surface area contributed by atoms with Crippen molar-refractivity contribution in [2.24, 2.45) is 10.7 Å². The zero-order valence-electron chi connectivity index (χ0n) is 12.5. The van der Waals surface area contributed by atoms with Crippen molar-refractivity contribution < 1.29 is 4.74 Å². The normalized spacial score (nSPS) is 30.9. The van der Waals surface area contributed by atoms with Crippen molar-refractivity contribution in [3.63, 3.8) is 0 Å². The third-order valence-corrected chi connectivity index (χ3v) is 4.94. The largest absolute Gasteiger partial charge is 0.379 e. The van der Waals surface area contributed by atoms with Gasteiger partial charge in [0.2, 0.25) is 0 Å². The summed E-state index contributed by atoms with van der Waals surface area (Å²) in [5, 5.41) is 0. The van der Waals surface area contributed by atoms with Crippen LogP contribution in [-0.4, -0.2) is 67.2 Å². The van der Waals surface area contributed by atoms with Crippen LogP contribution >= 0.6 is 0 Å². The first kappa shape index (κ1) is 14.1. The Morgan fingerprint density at radius 2 is 1.75 bits per heavy atom. The molecule has 2 heterocycles. The molecule has 2 saturated heterocycles. The number of guanidine groups is 1. The minimum atomic E-state index is 0.478. The quantitative estimate of drug-likeness (QED) is 0.606. The summed E-state index contributed by atoms with van der Waals surface area (Å²) >= 11 is 0. The van der Waals surface area contributed by atoms with E-state index in [1.165, 1.54) is 38.5 Å². The third-order valence-electron chi connectivity index (χ3n) is 4.94. The fourth-order valence-corrected chi connectivity index (χ4v) is 3.67. The monoisotopic (exact) mass is 280 g/mol. The second kappa shape index (κ2) is 6.76. The molecule has 2 aliphatic heterocycles. The highest BCUT2D eigenvalue weighted by Crippen LogP contribution is 2.21. The van der Waals surface area contributed by atoms with E-state index in [1.807, 2.05) is 0 Å².